The van der Waals surface area contributed by atoms with Crippen LogP contribution in [0.2, 0.25) is 0 Å². The summed E-state index contributed by atoms with van der Waals surface area (Å²) in [5.41, 5.74) is 1.21. The Morgan fingerprint density at radius 3 is 2.79 bits per heavy atom. The minimum absolute atomic E-state index is 0.431. The number of rotatable bonds is 3. The SMILES string of the molecule is Cc1ccnc(N(C)C(C)CBr)c1Br. The molecule has 0 saturated carbocycles. The van der Waals surface area contributed by atoms with Crippen molar-refractivity contribution in [3.63, 3.8) is 0 Å². The average molecular weight is 322 g/mol. The van der Waals surface area contributed by atoms with Crippen LogP contribution >= 0.6 is 31.9 Å². The molecule has 0 aliphatic carbocycles. The van der Waals surface area contributed by atoms with Gasteiger partial charge >= 0.3 is 0 Å². The molecule has 14 heavy (non-hydrogen) atoms. The second kappa shape index (κ2) is 5.12. The van der Waals surface area contributed by atoms with Crippen molar-refractivity contribution in [3.8, 4) is 0 Å². The van der Waals surface area contributed by atoms with Gasteiger partial charge in [-0.15, -0.1) is 0 Å². The van der Waals surface area contributed by atoms with Gasteiger partial charge in [0.05, 0.1) is 4.47 Å². The molecule has 0 bridgehead atoms. The van der Waals surface area contributed by atoms with Crippen LogP contribution in [0.4, 0.5) is 5.82 Å². The first-order valence-electron chi connectivity index (χ1n) is 4.47. The molecule has 0 N–H and O–H groups in total. The van der Waals surface area contributed by atoms with E-state index in [9.17, 15) is 0 Å². The van der Waals surface area contributed by atoms with E-state index in [-0.39, 0.29) is 0 Å². The van der Waals surface area contributed by atoms with Crippen molar-refractivity contribution in [1.82, 2.24) is 4.98 Å². The fourth-order valence-electron chi connectivity index (χ4n) is 1.08. The van der Waals surface area contributed by atoms with E-state index in [0.29, 0.717) is 6.04 Å². The number of alkyl halides is 1. The van der Waals surface area contributed by atoms with Gasteiger partial charge in [0, 0.05) is 24.6 Å². The van der Waals surface area contributed by atoms with E-state index >= 15 is 0 Å². The fourth-order valence-corrected chi connectivity index (χ4v) is 2.03. The van der Waals surface area contributed by atoms with Gasteiger partial charge < -0.3 is 4.90 Å². The van der Waals surface area contributed by atoms with Gasteiger partial charge in [0.1, 0.15) is 5.82 Å². The van der Waals surface area contributed by atoms with Crippen LogP contribution in [0.15, 0.2) is 16.7 Å². The quantitative estimate of drug-likeness (QED) is 0.793. The molecular weight excluding hydrogens is 308 g/mol. The van der Waals surface area contributed by atoms with Gasteiger partial charge in [-0.2, -0.15) is 0 Å². The first-order chi connectivity index (χ1) is 6.57. The van der Waals surface area contributed by atoms with E-state index in [1.807, 2.05) is 12.3 Å². The molecule has 4 heteroatoms. The van der Waals surface area contributed by atoms with Crippen molar-refractivity contribution < 1.29 is 0 Å². The summed E-state index contributed by atoms with van der Waals surface area (Å²) in [6, 6.07) is 2.43. The molecule has 1 rings (SSSR count). The Morgan fingerprint density at radius 1 is 1.57 bits per heavy atom. The number of hydrogen-bond donors (Lipinski definition) is 0. The Bertz CT molecular complexity index is 315. The summed E-state index contributed by atoms with van der Waals surface area (Å²) in [5, 5.41) is 0.936. The Kier molecular flexibility index (Phi) is 4.38. The summed E-state index contributed by atoms with van der Waals surface area (Å²) in [6.45, 7) is 4.23. The maximum atomic E-state index is 4.37. The third-order valence-corrected chi connectivity index (χ3v) is 4.20. The number of hydrogen-bond acceptors (Lipinski definition) is 2. The highest BCUT2D eigenvalue weighted by Gasteiger charge is 2.13. The Morgan fingerprint density at radius 2 is 2.21 bits per heavy atom. The molecule has 0 spiro atoms. The second-order valence-electron chi connectivity index (χ2n) is 3.38. The zero-order valence-corrected chi connectivity index (χ0v) is 11.8. The summed E-state index contributed by atoms with van der Waals surface area (Å²) in [5.74, 6) is 0.997. The molecule has 0 aromatic carbocycles. The average Bonchev–Trinajstić information content (AvgIpc) is 2.20. The molecule has 0 aliphatic heterocycles. The Balaban J connectivity index is 3.01. The van der Waals surface area contributed by atoms with Gasteiger partial charge in [-0.3, -0.25) is 0 Å². The van der Waals surface area contributed by atoms with Gasteiger partial charge in [0.2, 0.25) is 0 Å². The topological polar surface area (TPSA) is 16.1 Å². The van der Waals surface area contributed by atoms with Gasteiger partial charge in [0.25, 0.3) is 0 Å². The lowest BCUT2D eigenvalue weighted by atomic mass is 10.2. The molecule has 2 nitrogen and oxygen atoms in total. The summed E-state index contributed by atoms with van der Waals surface area (Å²) >= 11 is 7.03. The van der Waals surface area contributed by atoms with Gasteiger partial charge in [-0.25, -0.2) is 4.98 Å². The molecular formula is C10H14Br2N2. The fraction of sp³-hybridized carbons (Fsp3) is 0.500. The lowest BCUT2D eigenvalue weighted by Crippen LogP contribution is -2.31. The number of anilines is 1. The first-order valence-corrected chi connectivity index (χ1v) is 6.39. The zero-order valence-electron chi connectivity index (χ0n) is 8.59. The molecule has 0 saturated heterocycles. The van der Waals surface area contributed by atoms with E-state index < -0.39 is 0 Å². The Labute approximate surface area is 102 Å². The van der Waals surface area contributed by atoms with Crippen LogP contribution in [-0.4, -0.2) is 23.4 Å². The highest BCUT2D eigenvalue weighted by Crippen LogP contribution is 2.27. The van der Waals surface area contributed by atoms with E-state index in [4.69, 9.17) is 0 Å². The van der Waals surface area contributed by atoms with Gasteiger partial charge in [-0.1, -0.05) is 15.9 Å². The zero-order chi connectivity index (χ0) is 10.7. The Hall–Kier alpha value is -0.0900. The third kappa shape index (κ3) is 2.48. The highest BCUT2D eigenvalue weighted by atomic mass is 79.9. The van der Waals surface area contributed by atoms with Crippen LogP contribution in [-0.2, 0) is 0 Å². The summed E-state index contributed by atoms with van der Waals surface area (Å²) in [6.07, 6.45) is 1.84. The second-order valence-corrected chi connectivity index (χ2v) is 4.82. The number of nitrogens with zero attached hydrogens (tertiary/aromatic N) is 2. The first kappa shape index (κ1) is 12.0. The normalized spacial score (nSPS) is 12.6. The molecule has 1 aromatic heterocycles. The molecule has 78 valence electrons. The van der Waals surface area contributed by atoms with Crippen molar-refractivity contribution >= 4 is 37.7 Å². The van der Waals surface area contributed by atoms with Crippen molar-refractivity contribution in [2.45, 2.75) is 19.9 Å². The number of aromatic nitrogens is 1. The van der Waals surface area contributed by atoms with E-state index in [0.717, 1.165) is 15.6 Å². The van der Waals surface area contributed by atoms with E-state index in [2.05, 4.69) is 62.6 Å². The van der Waals surface area contributed by atoms with Crippen LogP contribution in [0.1, 0.15) is 12.5 Å². The smallest absolute Gasteiger partial charge is 0.143 e. The maximum Gasteiger partial charge on any atom is 0.143 e. The molecule has 1 unspecified atom stereocenters. The number of aryl methyl sites for hydroxylation is 1. The van der Waals surface area contributed by atoms with Crippen molar-refractivity contribution in [2.24, 2.45) is 0 Å². The highest BCUT2D eigenvalue weighted by molar-refractivity contribution is 9.10. The number of halogens is 2. The van der Waals surface area contributed by atoms with Gasteiger partial charge in [0.15, 0.2) is 0 Å². The maximum absolute atomic E-state index is 4.37. The largest absolute Gasteiger partial charge is 0.355 e. The molecule has 1 aromatic rings. The van der Waals surface area contributed by atoms with Crippen LogP contribution < -0.4 is 4.90 Å². The summed E-state index contributed by atoms with van der Waals surface area (Å²) in [7, 11) is 2.05. The minimum atomic E-state index is 0.431. The molecule has 1 atom stereocenters. The van der Waals surface area contributed by atoms with E-state index in [1.54, 1.807) is 0 Å². The lowest BCUT2D eigenvalue weighted by molar-refractivity contribution is 0.754. The molecule has 1 heterocycles. The lowest BCUT2D eigenvalue weighted by Gasteiger charge is -2.25. The van der Waals surface area contributed by atoms with Gasteiger partial charge in [-0.05, 0) is 41.4 Å². The number of pyridine rings is 1. The minimum Gasteiger partial charge on any atom is -0.355 e. The summed E-state index contributed by atoms with van der Waals surface area (Å²) < 4.78 is 1.08. The van der Waals surface area contributed by atoms with Crippen molar-refractivity contribution in [1.29, 1.82) is 0 Å². The third-order valence-electron chi connectivity index (χ3n) is 2.28. The molecule has 0 radical (unpaired) electrons. The van der Waals surface area contributed by atoms with E-state index in [1.165, 1.54) is 5.56 Å². The standard InChI is InChI=1S/C10H14Br2N2/c1-7-4-5-13-10(9(7)12)14(3)8(2)6-11/h4-5,8H,6H2,1-3H3. The van der Waals surface area contributed by atoms with Crippen LogP contribution in [0, 0.1) is 6.92 Å². The van der Waals surface area contributed by atoms with Crippen molar-refractivity contribution in [2.75, 3.05) is 17.3 Å². The van der Waals surface area contributed by atoms with Crippen molar-refractivity contribution in [3.05, 3.63) is 22.3 Å². The van der Waals surface area contributed by atoms with Crippen LogP contribution in [0.3, 0.4) is 0 Å². The van der Waals surface area contributed by atoms with Crippen LogP contribution in [0.5, 0.6) is 0 Å². The van der Waals surface area contributed by atoms with Crippen LogP contribution in [0.25, 0.3) is 0 Å². The molecule has 0 aliphatic rings. The predicted octanol–water partition coefficient (Wildman–Crippen LogP) is 3.37. The molecule has 0 fully saturated rings. The molecule has 0 amide bonds. The summed E-state index contributed by atoms with van der Waals surface area (Å²) in [4.78, 5) is 6.52. The predicted molar refractivity (Wildman–Crippen MR) is 68.3 cm³/mol. The monoisotopic (exact) mass is 320 g/mol.